The van der Waals surface area contributed by atoms with E-state index in [0.29, 0.717) is 11.7 Å². The van der Waals surface area contributed by atoms with Crippen LogP contribution >= 0.6 is 15.9 Å². The van der Waals surface area contributed by atoms with Gasteiger partial charge in [0.25, 0.3) is 0 Å². The van der Waals surface area contributed by atoms with Gasteiger partial charge in [0.05, 0.1) is 5.41 Å². The largest absolute Gasteiger partial charge is 0.299 e. The van der Waals surface area contributed by atoms with Gasteiger partial charge in [-0.25, -0.2) is 0 Å². The number of carbonyl (C=O) groups excluding carboxylic acids is 1. The standard InChI is InChI=1S/C20H19BrO/c21-16-10-8-14(9-11-16)18-13-15-5-1-2-6-17(15)20(18)12-4-3-7-19(20)22/h1-2,5-6,8-11,18H,3-4,7,12-13H2/t18-,20-/m1/s1. The molecule has 4 rings (SSSR count). The van der Waals surface area contributed by atoms with Crippen LogP contribution in [0.4, 0.5) is 0 Å². The normalized spacial score (nSPS) is 27.1. The van der Waals surface area contributed by atoms with E-state index in [0.717, 1.165) is 36.6 Å². The van der Waals surface area contributed by atoms with E-state index in [1.54, 1.807) is 0 Å². The fourth-order valence-corrected chi connectivity index (χ4v) is 4.78. The van der Waals surface area contributed by atoms with Gasteiger partial charge in [-0.3, -0.25) is 4.79 Å². The number of carbonyl (C=O) groups is 1. The van der Waals surface area contributed by atoms with Crippen LogP contribution < -0.4 is 0 Å². The molecule has 0 aromatic heterocycles. The molecule has 2 aliphatic rings. The Kier molecular flexibility index (Phi) is 3.45. The van der Waals surface area contributed by atoms with Crippen LogP contribution in [0.3, 0.4) is 0 Å². The molecule has 1 fully saturated rings. The van der Waals surface area contributed by atoms with Gasteiger partial charge in [-0.05, 0) is 48.1 Å². The van der Waals surface area contributed by atoms with Crippen molar-refractivity contribution < 1.29 is 4.79 Å². The van der Waals surface area contributed by atoms with Crippen LogP contribution in [0.25, 0.3) is 0 Å². The van der Waals surface area contributed by atoms with Crippen molar-refractivity contribution in [3.63, 3.8) is 0 Å². The summed E-state index contributed by atoms with van der Waals surface area (Å²) in [5.41, 5.74) is 3.69. The number of ketones is 1. The lowest BCUT2D eigenvalue weighted by atomic mass is 9.62. The molecule has 112 valence electrons. The molecule has 2 aliphatic carbocycles. The topological polar surface area (TPSA) is 17.1 Å². The highest BCUT2D eigenvalue weighted by Gasteiger charge is 2.52. The summed E-state index contributed by atoms with van der Waals surface area (Å²) in [5.74, 6) is 0.752. The van der Waals surface area contributed by atoms with Gasteiger partial charge < -0.3 is 0 Å². The van der Waals surface area contributed by atoms with Crippen molar-refractivity contribution in [1.29, 1.82) is 0 Å². The summed E-state index contributed by atoms with van der Waals surface area (Å²) in [7, 11) is 0. The molecule has 2 heteroatoms. The van der Waals surface area contributed by atoms with Crippen molar-refractivity contribution in [2.24, 2.45) is 0 Å². The second kappa shape index (κ2) is 5.34. The second-order valence-electron chi connectivity index (χ2n) is 6.57. The predicted octanol–water partition coefficient (Wildman–Crippen LogP) is 5.17. The summed E-state index contributed by atoms with van der Waals surface area (Å²) in [6, 6.07) is 17.2. The first-order chi connectivity index (χ1) is 10.7. The van der Waals surface area contributed by atoms with Gasteiger partial charge in [0.1, 0.15) is 5.78 Å². The summed E-state index contributed by atoms with van der Waals surface area (Å²) < 4.78 is 1.09. The van der Waals surface area contributed by atoms with E-state index in [9.17, 15) is 4.79 Å². The second-order valence-corrected chi connectivity index (χ2v) is 7.48. The molecular weight excluding hydrogens is 336 g/mol. The van der Waals surface area contributed by atoms with Crippen LogP contribution in [0.15, 0.2) is 53.0 Å². The van der Waals surface area contributed by atoms with Crippen molar-refractivity contribution in [3.05, 3.63) is 69.7 Å². The van der Waals surface area contributed by atoms with Crippen molar-refractivity contribution in [2.75, 3.05) is 0 Å². The SMILES string of the molecule is O=C1CCCC[C@]12c1ccccc1C[C@@H]2c1ccc(Br)cc1. The lowest BCUT2D eigenvalue weighted by Gasteiger charge is -2.38. The molecule has 0 saturated heterocycles. The van der Waals surface area contributed by atoms with Crippen molar-refractivity contribution in [2.45, 2.75) is 43.4 Å². The molecule has 1 spiro atoms. The molecule has 2 atom stereocenters. The number of benzene rings is 2. The molecule has 2 aromatic rings. The molecule has 1 saturated carbocycles. The molecule has 0 heterocycles. The van der Waals surface area contributed by atoms with Gasteiger partial charge in [-0.2, -0.15) is 0 Å². The zero-order chi connectivity index (χ0) is 15.2. The number of rotatable bonds is 1. The highest BCUT2D eigenvalue weighted by atomic mass is 79.9. The predicted molar refractivity (Wildman–Crippen MR) is 92.2 cm³/mol. The van der Waals surface area contributed by atoms with Gasteiger partial charge in [-0.15, -0.1) is 0 Å². The molecular formula is C20H19BrO. The molecule has 22 heavy (non-hydrogen) atoms. The van der Waals surface area contributed by atoms with Crippen LogP contribution in [-0.2, 0) is 16.6 Å². The van der Waals surface area contributed by atoms with Crippen LogP contribution in [-0.4, -0.2) is 5.78 Å². The summed E-state index contributed by atoms with van der Waals surface area (Å²) in [6.45, 7) is 0. The highest BCUT2D eigenvalue weighted by molar-refractivity contribution is 9.10. The van der Waals surface area contributed by atoms with Crippen LogP contribution in [0.5, 0.6) is 0 Å². The maximum absolute atomic E-state index is 13.0. The molecule has 0 amide bonds. The summed E-state index contributed by atoms with van der Waals surface area (Å²) in [4.78, 5) is 13.0. The molecule has 0 unspecified atom stereocenters. The first-order valence-corrected chi connectivity index (χ1v) is 8.88. The average molecular weight is 355 g/mol. The summed E-state index contributed by atoms with van der Waals surface area (Å²) in [6.07, 6.45) is 4.94. The minimum absolute atomic E-state index is 0.275. The number of halogens is 1. The molecule has 1 nitrogen and oxygen atoms in total. The van der Waals surface area contributed by atoms with Gasteiger partial charge in [0, 0.05) is 16.8 Å². The van der Waals surface area contributed by atoms with Gasteiger partial charge in [0.2, 0.25) is 0 Å². The summed E-state index contributed by atoms with van der Waals surface area (Å²) in [5, 5.41) is 0. The Bertz CT molecular complexity index is 719. The third-order valence-electron chi connectivity index (χ3n) is 5.51. The van der Waals surface area contributed by atoms with E-state index in [1.807, 2.05) is 0 Å². The van der Waals surface area contributed by atoms with E-state index >= 15 is 0 Å². The van der Waals surface area contributed by atoms with E-state index < -0.39 is 0 Å². The van der Waals surface area contributed by atoms with Crippen LogP contribution in [0.2, 0.25) is 0 Å². The monoisotopic (exact) mass is 354 g/mol. The minimum atomic E-state index is -0.275. The molecule has 0 aliphatic heterocycles. The number of hydrogen-bond donors (Lipinski definition) is 0. The zero-order valence-corrected chi connectivity index (χ0v) is 14.1. The number of hydrogen-bond acceptors (Lipinski definition) is 1. The maximum Gasteiger partial charge on any atom is 0.144 e. The molecule has 0 N–H and O–H groups in total. The molecule has 2 aromatic carbocycles. The number of Topliss-reactive ketones (excluding diaryl/α,β-unsaturated/α-hetero) is 1. The first-order valence-electron chi connectivity index (χ1n) is 8.09. The summed E-state index contributed by atoms with van der Waals surface area (Å²) >= 11 is 3.51. The Morgan fingerprint density at radius 3 is 2.55 bits per heavy atom. The van der Waals surface area contributed by atoms with Crippen LogP contribution in [0, 0.1) is 0 Å². The Hall–Kier alpha value is -1.41. The van der Waals surface area contributed by atoms with E-state index in [1.165, 1.54) is 16.7 Å². The van der Waals surface area contributed by atoms with Gasteiger partial charge in [0.15, 0.2) is 0 Å². The Balaban J connectivity index is 1.88. The maximum atomic E-state index is 13.0. The third-order valence-corrected chi connectivity index (χ3v) is 6.04. The number of fused-ring (bicyclic) bond motifs is 2. The smallest absolute Gasteiger partial charge is 0.144 e. The zero-order valence-electron chi connectivity index (χ0n) is 12.5. The average Bonchev–Trinajstić information content (AvgIpc) is 2.87. The van der Waals surface area contributed by atoms with E-state index in [2.05, 4.69) is 64.5 Å². The lowest BCUT2D eigenvalue weighted by molar-refractivity contribution is -0.127. The first kappa shape index (κ1) is 14.2. The fraction of sp³-hybridized carbons (Fsp3) is 0.350. The van der Waals surface area contributed by atoms with E-state index in [-0.39, 0.29) is 5.41 Å². The fourth-order valence-electron chi connectivity index (χ4n) is 4.52. The van der Waals surface area contributed by atoms with Crippen molar-refractivity contribution >= 4 is 21.7 Å². The van der Waals surface area contributed by atoms with Crippen molar-refractivity contribution in [1.82, 2.24) is 0 Å². The Labute approximate surface area is 139 Å². The minimum Gasteiger partial charge on any atom is -0.299 e. The van der Waals surface area contributed by atoms with Crippen LogP contribution in [0.1, 0.15) is 48.3 Å². The quantitative estimate of drug-likeness (QED) is 0.690. The van der Waals surface area contributed by atoms with Crippen molar-refractivity contribution in [3.8, 4) is 0 Å². The Morgan fingerprint density at radius 1 is 1.00 bits per heavy atom. The van der Waals surface area contributed by atoms with E-state index in [4.69, 9.17) is 0 Å². The molecule has 0 radical (unpaired) electrons. The lowest BCUT2D eigenvalue weighted by Crippen LogP contribution is -2.41. The highest BCUT2D eigenvalue weighted by Crippen LogP contribution is 2.54. The van der Waals surface area contributed by atoms with Gasteiger partial charge in [-0.1, -0.05) is 58.7 Å². The van der Waals surface area contributed by atoms with Gasteiger partial charge >= 0.3 is 0 Å². The third kappa shape index (κ3) is 2.00. The molecule has 0 bridgehead atoms. The Morgan fingerprint density at radius 2 is 1.77 bits per heavy atom.